The average molecular weight is 178 g/mol. The molecule has 0 aliphatic rings. The van der Waals surface area contributed by atoms with Gasteiger partial charge in [0.25, 0.3) is 0 Å². The molecule has 0 bridgehead atoms. The van der Waals surface area contributed by atoms with Gasteiger partial charge in [0.15, 0.2) is 0 Å². The Kier molecular flexibility index (Phi) is 171. The zero-order valence-electron chi connectivity index (χ0n) is 2.08. The first-order valence-electron chi connectivity index (χ1n) is 0. The smallest absolute Gasteiger partial charge is 0 e. The van der Waals surface area contributed by atoms with Crippen molar-refractivity contribution in [2.75, 3.05) is 0 Å². The van der Waals surface area contributed by atoms with Gasteiger partial charge in [-0.05, 0) is 0 Å². The quantitative estimate of drug-likeness (QED) is 0.446. The van der Waals surface area contributed by atoms with E-state index in [0.29, 0.717) is 0 Å². The first kappa shape index (κ1) is 35.6. The fourth-order valence-corrected chi connectivity index (χ4v) is 0. The first-order chi connectivity index (χ1) is 0. The molecule has 0 N–H and O–H groups in total. The summed E-state index contributed by atoms with van der Waals surface area (Å²) >= 11 is 0. The molecular formula is CAlTiZr. The van der Waals surface area contributed by atoms with Gasteiger partial charge >= 0.3 is 0 Å². The third kappa shape index (κ3) is 8.92. The molecule has 7 radical (unpaired) electrons. The molecule has 3 heteroatoms. The molecule has 0 aromatic carbocycles. The second-order valence-electron chi connectivity index (χ2n) is 0. The maximum Gasteiger partial charge on any atom is 0 e. The molecule has 0 aromatic rings. The summed E-state index contributed by atoms with van der Waals surface area (Å²) in [6, 6.07) is 0. The Morgan fingerprint density at radius 3 is 1.00 bits per heavy atom. The van der Waals surface area contributed by atoms with Crippen LogP contribution in [0.4, 0.5) is 0 Å². The fourth-order valence-electron chi connectivity index (χ4n) is 0. The van der Waals surface area contributed by atoms with E-state index in [9.17, 15) is 0 Å². The summed E-state index contributed by atoms with van der Waals surface area (Å²) < 4.78 is 0. The zero-order chi connectivity index (χ0) is 0. The van der Waals surface area contributed by atoms with Crippen LogP contribution in [-0.2, 0) is 47.9 Å². The average Bonchev–Trinajstić information content (AvgIpc) is 0. The summed E-state index contributed by atoms with van der Waals surface area (Å²) in [6.07, 6.45) is 0. The predicted octanol–water partition coefficient (Wildman–Crippen LogP) is -0.305. The van der Waals surface area contributed by atoms with Gasteiger partial charge in [-0.2, -0.15) is 0 Å². The summed E-state index contributed by atoms with van der Waals surface area (Å²) in [5.74, 6) is 0. The second-order valence-corrected chi connectivity index (χ2v) is 0. The van der Waals surface area contributed by atoms with Gasteiger partial charge in [0.05, 0.1) is 0 Å². The summed E-state index contributed by atoms with van der Waals surface area (Å²) in [5, 5.41) is 0. The van der Waals surface area contributed by atoms with Crippen molar-refractivity contribution in [3.8, 4) is 0 Å². The number of hydrogen-bond acceptors (Lipinski definition) is 0. The molecule has 0 saturated heterocycles. The molecule has 0 spiro atoms. The molecule has 0 rings (SSSR count). The van der Waals surface area contributed by atoms with Gasteiger partial charge in [-0.3, -0.25) is 0 Å². The Hall–Kier alpha value is 2.13. The summed E-state index contributed by atoms with van der Waals surface area (Å²) in [7, 11) is 0. The second kappa shape index (κ2) is 19.3. The molecule has 0 saturated carbocycles. The van der Waals surface area contributed by atoms with Gasteiger partial charge in [0.1, 0.15) is 0 Å². The Morgan fingerprint density at radius 1 is 1.00 bits per heavy atom. The van der Waals surface area contributed by atoms with Crippen LogP contribution in [0.25, 0.3) is 0 Å². The number of rotatable bonds is 0. The molecule has 0 heterocycles. The Balaban J connectivity index is 0. The van der Waals surface area contributed by atoms with Crippen LogP contribution in [0.3, 0.4) is 0 Å². The topological polar surface area (TPSA) is 0 Å². The number of hydrogen-bond donors (Lipinski definition) is 0. The van der Waals surface area contributed by atoms with Gasteiger partial charge in [-0.25, -0.2) is 0 Å². The van der Waals surface area contributed by atoms with Crippen molar-refractivity contribution < 1.29 is 47.9 Å². The van der Waals surface area contributed by atoms with Crippen molar-refractivity contribution in [1.82, 2.24) is 0 Å². The minimum absolute atomic E-state index is 0. The predicted molar refractivity (Wildman–Crippen MR) is 9.00 cm³/mol. The van der Waals surface area contributed by atoms with E-state index in [1.165, 1.54) is 0 Å². The van der Waals surface area contributed by atoms with Crippen LogP contribution >= 0.6 is 0 Å². The Morgan fingerprint density at radius 2 is 1.00 bits per heavy atom. The van der Waals surface area contributed by atoms with E-state index in [1.807, 2.05) is 0 Å². The summed E-state index contributed by atoms with van der Waals surface area (Å²) in [5.41, 5.74) is 0. The normalized spacial score (nSPS) is 0. The van der Waals surface area contributed by atoms with Crippen LogP contribution in [0.2, 0.25) is 0 Å². The van der Waals surface area contributed by atoms with Crippen molar-refractivity contribution in [2.45, 2.75) is 0 Å². The van der Waals surface area contributed by atoms with Crippen LogP contribution in [-0.4, -0.2) is 17.4 Å². The van der Waals surface area contributed by atoms with Crippen LogP contribution in [0.1, 0.15) is 0 Å². The molecule has 15 valence electrons. The van der Waals surface area contributed by atoms with Crippen LogP contribution < -0.4 is 0 Å². The van der Waals surface area contributed by atoms with Crippen molar-refractivity contribution in [3.63, 3.8) is 0 Å². The van der Waals surface area contributed by atoms with Crippen molar-refractivity contribution in [2.24, 2.45) is 0 Å². The largest absolute Gasteiger partial charge is 0 e. The van der Waals surface area contributed by atoms with Crippen molar-refractivity contribution in [3.05, 3.63) is 7.43 Å². The van der Waals surface area contributed by atoms with E-state index in [2.05, 4.69) is 0 Å². The maximum absolute atomic E-state index is 0. The molecule has 0 nitrogen and oxygen atoms in total. The van der Waals surface area contributed by atoms with E-state index >= 15 is 0 Å². The van der Waals surface area contributed by atoms with Gasteiger partial charge in [-0.15, -0.1) is 0 Å². The van der Waals surface area contributed by atoms with Crippen LogP contribution in [0.5, 0.6) is 0 Å². The van der Waals surface area contributed by atoms with E-state index in [-0.39, 0.29) is 72.7 Å². The van der Waals surface area contributed by atoms with E-state index in [1.54, 1.807) is 0 Å². The molecule has 0 fully saturated rings. The Bertz CT molecular complexity index is 8.00. The molecule has 4 heavy (non-hydrogen) atoms. The minimum Gasteiger partial charge on any atom is 0 e. The van der Waals surface area contributed by atoms with E-state index in [4.69, 9.17) is 0 Å². The minimum atomic E-state index is 0. The summed E-state index contributed by atoms with van der Waals surface area (Å²) in [6.45, 7) is 0. The van der Waals surface area contributed by atoms with Crippen LogP contribution in [0, 0.1) is 7.43 Å². The molecule has 0 atom stereocenters. The molecule has 0 aliphatic heterocycles. The van der Waals surface area contributed by atoms with Gasteiger partial charge in [0.2, 0.25) is 0 Å². The van der Waals surface area contributed by atoms with Gasteiger partial charge < -0.3 is 0 Å². The monoisotopic (exact) mass is 177 g/mol. The zero-order valence-corrected chi connectivity index (χ0v) is 7.25. The molecular weight excluding hydrogens is 178 g/mol. The van der Waals surface area contributed by atoms with Gasteiger partial charge in [0, 0.05) is 72.7 Å². The van der Waals surface area contributed by atoms with E-state index in [0.717, 1.165) is 0 Å². The standard InChI is InChI=1S/C.Al.Ti.Zr. The third-order valence-corrected chi connectivity index (χ3v) is 0. The summed E-state index contributed by atoms with van der Waals surface area (Å²) in [4.78, 5) is 0. The Labute approximate surface area is 71.9 Å². The first-order valence-corrected chi connectivity index (χ1v) is 0. The fraction of sp³-hybridized carbons (Fsp3) is 0. The van der Waals surface area contributed by atoms with Gasteiger partial charge in [-0.1, -0.05) is 0 Å². The van der Waals surface area contributed by atoms with Crippen molar-refractivity contribution >= 4 is 17.4 Å². The molecule has 0 unspecified atom stereocenters. The molecule has 0 aromatic heterocycles. The maximum atomic E-state index is 0. The van der Waals surface area contributed by atoms with Crippen molar-refractivity contribution in [1.29, 1.82) is 0 Å². The SMILES string of the molecule is [Al].[C].[Ti].[Zr]. The van der Waals surface area contributed by atoms with E-state index < -0.39 is 0 Å². The molecule has 0 aliphatic carbocycles. The molecule has 0 amide bonds. The van der Waals surface area contributed by atoms with Crippen LogP contribution in [0.15, 0.2) is 0 Å². The third-order valence-electron chi connectivity index (χ3n) is 0.